The highest BCUT2D eigenvalue weighted by molar-refractivity contribution is 5.91. The third-order valence-corrected chi connectivity index (χ3v) is 4.68. The van der Waals surface area contributed by atoms with Crippen molar-refractivity contribution < 1.29 is 4.79 Å². The molecule has 4 rings (SSSR count). The predicted molar refractivity (Wildman–Crippen MR) is 107 cm³/mol. The summed E-state index contributed by atoms with van der Waals surface area (Å²) in [6.07, 6.45) is 2.32. The number of hydrogen-bond acceptors (Lipinski definition) is 4. The monoisotopic (exact) mass is 358 g/mol. The Morgan fingerprint density at radius 2 is 1.37 bits per heavy atom. The second-order valence-electron chi connectivity index (χ2n) is 6.73. The molecule has 0 atom stereocenters. The van der Waals surface area contributed by atoms with Gasteiger partial charge >= 0.3 is 0 Å². The molecule has 5 heteroatoms. The number of rotatable bonds is 5. The lowest BCUT2D eigenvalue weighted by Crippen LogP contribution is -2.31. The normalized spacial score (nSPS) is 14.2. The van der Waals surface area contributed by atoms with Crippen molar-refractivity contribution in [3.05, 3.63) is 66.7 Å². The Balaban J connectivity index is 1.64. The fourth-order valence-corrected chi connectivity index (χ4v) is 3.32. The van der Waals surface area contributed by atoms with Crippen molar-refractivity contribution in [2.45, 2.75) is 12.8 Å². The van der Waals surface area contributed by atoms with Gasteiger partial charge in [0.15, 0.2) is 0 Å². The Bertz CT molecular complexity index is 848. The van der Waals surface area contributed by atoms with Crippen LogP contribution in [0.2, 0.25) is 0 Å². The van der Waals surface area contributed by atoms with E-state index in [0.717, 1.165) is 48.4 Å². The van der Waals surface area contributed by atoms with E-state index in [2.05, 4.69) is 20.2 Å². The minimum absolute atomic E-state index is 0.0684. The summed E-state index contributed by atoms with van der Waals surface area (Å²) in [6, 6.07) is 21.8. The molecule has 136 valence electrons. The van der Waals surface area contributed by atoms with Crippen LogP contribution in [-0.2, 0) is 4.79 Å². The Hall–Kier alpha value is -3.05. The molecule has 0 aliphatic carbocycles. The zero-order valence-corrected chi connectivity index (χ0v) is 15.1. The molecule has 2 aromatic carbocycles. The third kappa shape index (κ3) is 4.38. The first kappa shape index (κ1) is 17.4. The molecule has 1 fully saturated rings. The molecule has 1 aromatic heterocycles. The van der Waals surface area contributed by atoms with E-state index in [1.54, 1.807) is 0 Å². The molecule has 1 aliphatic rings. The van der Waals surface area contributed by atoms with Crippen LogP contribution in [0.15, 0.2) is 66.7 Å². The first-order valence-corrected chi connectivity index (χ1v) is 9.30. The molecule has 0 unspecified atom stereocenters. The van der Waals surface area contributed by atoms with Crippen LogP contribution in [0.5, 0.6) is 0 Å². The summed E-state index contributed by atoms with van der Waals surface area (Å²) in [4.78, 5) is 23.8. The molecular formula is C22H22N4O. The van der Waals surface area contributed by atoms with Crippen molar-refractivity contribution in [3.63, 3.8) is 0 Å². The van der Waals surface area contributed by atoms with Gasteiger partial charge in [-0.25, -0.2) is 9.97 Å². The number of benzene rings is 2. The van der Waals surface area contributed by atoms with Gasteiger partial charge in [-0.1, -0.05) is 60.7 Å². The maximum atomic E-state index is 12.4. The van der Waals surface area contributed by atoms with Crippen molar-refractivity contribution in [3.8, 4) is 22.5 Å². The van der Waals surface area contributed by atoms with Gasteiger partial charge in [0, 0.05) is 11.1 Å². The number of aromatic nitrogens is 2. The average Bonchev–Trinajstić information content (AvgIpc) is 3.22. The lowest BCUT2D eigenvalue weighted by atomic mass is 10.1. The van der Waals surface area contributed by atoms with Crippen molar-refractivity contribution in [1.29, 1.82) is 0 Å². The third-order valence-electron chi connectivity index (χ3n) is 4.68. The molecule has 0 radical (unpaired) electrons. The van der Waals surface area contributed by atoms with Gasteiger partial charge in [0.25, 0.3) is 0 Å². The largest absolute Gasteiger partial charge is 0.295 e. The summed E-state index contributed by atoms with van der Waals surface area (Å²) in [5.74, 6) is 0.278. The zero-order chi connectivity index (χ0) is 18.5. The molecule has 27 heavy (non-hydrogen) atoms. The van der Waals surface area contributed by atoms with E-state index in [1.165, 1.54) is 0 Å². The standard InChI is InChI=1S/C22H22N4O/c27-21(16-26-13-7-8-14-26)25-22-23-19(17-9-3-1-4-10-17)15-20(24-22)18-11-5-2-6-12-18/h1-6,9-12,15H,7-8,13-14,16H2,(H,23,24,25,27). The van der Waals surface area contributed by atoms with E-state index in [9.17, 15) is 4.79 Å². The van der Waals surface area contributed by atoms with Gasteiger partial charge in [-0.05, 0) is 32.0 Å². The van der Waals surface area contributed by atoms with Gasteiger partial charge in [0.05, 0.1) is 17.9 Å². The quantitative estimate of drug-likeness (QED) is 0.753. The van der Waals surface area contributed by atoms with E-state index in [0.29, 0.717) is 12.5 Å². The number of carbonyl (C=O) groups excluding carboxylic acids is 1. The number of anilines is 1. The number of carbonyl (C=O) groups is 1. The van der Waals surface area contributed by atoms with Crippen LogP contribution in [0.1, 0.15) is 12.8 Å². The van der Waals surface area contributed by atoms with Gasteiger partial charge in [-0.2, -0.15) is 0 Å². The van der Waals surface area contributed by atoms with Gasteiger partial charge in [-0.15, -0.1) is 0 Å². The maximum absolute atomic E-state index is 12.4. The summed E-state index contributed by atoms with van der Waals surface area (Å²) in [6.45, 7) is 2.35. The second-order valence-corrected chi connectivity index (χ2v) is 6.73. The van der Waals surface area contributed by atoms with Crippen molar-refractivity contribution in [2.24, 2.45) is 0 Å². The Kier molecular flexibility index (Phi) is 5.21. The van der Waals surface area contributed by atoms with Gasteiger partial charge in [-0.3, -0.25) is 15.0 Å². The Morgan fingerprint density at radius 1 is 0.852 bits per heavy atom. The number of hydrogen-bond donors (Lipinski definition) is 1. The number of nitrogens with one attached hydrogen (secondary N) is 1. The predicted octanol–water partition coefficient (Wildman–Crippen LogP) is 3.84. The molecule has 3 aromatic rings. The lowest BCUT2D eigenvalue weighted by molar-refractivity contribution is -0.117. The minimum atomic E-state index is -0.0684. The summed E-state index contributed by atoms with van der Waals surface area (Å²) < 4.78 is 0. The van der Waals surface area contributed by atoms with Gasteiger partial charge < -0.3 is 0 Å². The Labute approximate surface area is 159 Å². The lowest BCUT2D eigenvalue weighted by Gasteiger charge is -2.14. The van der Waals surface area contributed by atoms with Gasteiger partial charge in [0.2, 0.25) is 11.9 Å². The zero-order valence-electron chi connectivity index (χ0n) is 15.1. The SMILES string of the molecule is O=C(CN1CCCC1)Nc1nc(-c2ccccc2)cc(-c2ccccc2)n1. The summed E-state index contributed by atoms with van der Waals surface area (Å²) in [7, 11) is 0. The van der Waals surface area contributed by atoms with Crippen LogP contribution in [0.4, 0.5) is 5.95 Å². The molecular weight excluding hydrogens is 336 g/mol. The molecule has 0 bridgehead atoms. The van der Waals surface area contributed by atoms with Crippen molar-refractivity contribution in [2.75, 3.05) is 25.0 Å². The number of amides is 1. The Morgan fingerprint density at radius 3 is 1.89 bits per heavy atom. The maximum Gasteiger partial charge on any atom is 0.240 e. The first-order valence-electron chi connectivity index (χ1n) is 9.30. The molecule has 5 nitrogen and oxygen atoms in total. The first-order chi connectivity index (χ1) is 13.3. The molecule has 0 spiro atoms. The number of likely N-dealkylation sites (tertiary alicyclic amines) is 1. The van der Waals surface area contributed by atoms with E-state index in [-0.39, 0.29) is 5.91 Å². The highest BCUT2D eigenvalue weighted by Crippen LogP contribution is 2.25. The van der Waals surface area contributed by atoms with Crippen LogP contribution in [0.3, 0.4) is 0 Å². The molecule has 1 aliphatic heterocycles. The van der Waals surface area contributed by atoms with Crippen LogP contribution >= 0.6 is 0 Å². The van der Waals surface area contributed by atoms with Crippen molar-refractivity contribution in [1.82, 2.24) is 14.9 Å². The van der Waals surface area contributed by atoms with E-state index < -0.39 is 0 Å². The van der Waals surface area contributed by atoms with Crippen LogP contribution in [-0.4, -0.2) is 40.4 Å². The van der Waals surface area contributed by atoms with Crippen LogP contribution in [0.25, 0.3) is 22.5 Å². The van der Waals surface area contributed by atoms with Crippen LogP contribution < -0.4 is 5.32 Å². The smallest absolute Gasteiger partial charge is 0.240 e. The summed E-state index contributed by atoms with van der Waals surface area (Å²) in [5.41, 5.74) is 3.57. The second kappa shape index (κ2) is 8.10. The molecule has 1 N–H and O–H groups in total. The minimum Gasteiger partial charge on any atom is -0.295 e. The van der Waals surface area contributed by atoms with Crippen LogP contribution in [0, 0.1) is 0 Å². The van der Waals surface area contributed by atoms with E-state index in [1.807, 2.05) is 66.7 Å². The van der Waals surface area contributed by atoms with Crippen molar-refractivity contribution >= 4 is 11.9 Å². The fourth-order valence-electron chi connectivity index (χ4n) is 3.32. The fraction of sp³-hybridized carbons (Fsp3) is 0.227. The van der Waals surface area contributed by atoms with E-state index >= 15 is 0 Å². The van der Waals surface area contributed by atoms with Gasteiger partial charge in [0.1, 0.15) is 0 Å². The molecule has 1 amide bonds. The highest BCUT2D eigenvalue weighted by atomic mass is 16.2. The summed E-state index contributed by atoms with van der Waals surface area (Å²) in [5, 5.41) is 2.89. The number of nitrogens with zero attached hydrogens (tertiary/aromatic N) is 3. The summed E-state index contributed by atoms with van der Waals surface area (Å²) >= 11 is 0. The topological polar surface area (TPSA) is 58.1 Å². The average molecular weight is 358 g/mol. The molecule has 0 saturated carbocycles. The molecule has 2 heterocycles. The van der Waals surface area contributed by atoms with E-state index in [4.69, 9.17) is 0 Å². The molecule has 1 saturated heterocycles. The highest BCUT2D eigenvalue weighted by Gasteiger charge is 2.16.